The van der Waals surface area contributed by atoms with Crippen LogP contribution in [-0.4, -0.2) is 28.0 Å². The first-order valence-electron chi connectivity index (χ1n) is 6.90. The Hall–Kier alpha value is -1.39. The van der Waals surface area contributed by atoms with E-state index in [1.54, 1.807) is 0 Å². The lowest BCUT2D eigenvalue weighted by atomic mass is 10.1. The molecule has 0 atom stereocenters. The van der Waals surface area contributed by atoms with Gasteiger partial charge in [-0.3, -0.25) is 0 Å². The van der Waals surface area contributed by atoms with Crippen molar-refractivity contribution < 1.29 is 0 Å². The molecule has 18 heavy (non-hydrogen) atoms. The van der Waals surface area contributed by atoms with E-state index in [0.29, 0.717) is 11.9 Å². The summed E-state index contributed by atoms with van der Waals surface area (Å²) in [5.74, 6) is 2.46. The van der Waals surface area contributed by atoms with Crippen molar-refractivity contribution >= 4 is 11.9 Å². The molecule has 1 saturated heterocycles. The maximum absolute atomic E-state index is 5.79. The van der Waals surface area contributed by atoms with Gasteiger partial charge in [-0.15, -0.1) is 0 Å². The molecule has 5 nitrogen and oxygen atoms in total. The molecule has 0 bridgehead atoms. The van der Waals surface area contributed by atoms with Gasteiger partial charge >= 0.3 is 0 Å². The Labute approximate surface area is 109 Å². The number of hydrogen-bond acceptors (Lipinski definition) is 5. The molecule has 5 heteroatoms. The largest absolute Gasteiger partial charge is 0.368 e. The second-order valence-corrected chi connectivity index (χ2v) is 5.41. The lowest BCUT2D eigenvalue weighted by molar-refractivity contribution is 0.615. The minimum atomic E-state index is 0.347. The van der Waals surface area contributed by atoms with Crippen LogP contribution < -0.4 is 10.6 Å². The highest BCUT2D eigenvalue weighted by Crippen LogP contribution is 2.17. The second-order valence-electron chi connectivity index (χ2n) is 5.41. The summed E-state index contributed by atoms with van der Waals surface area (Å²) in [6.07, 6.45) is 5.88. The lowest BCUT2D eigenvalue weighted by Gasteiger charge is -2.20. The Bertz CT molecular complexity index is 383. The molecule has 100 valence electrons. The van der Waals surface area contributed by atoms with Crippen LogP contribution in [0.2, 0.25) is 0 Å². The minimum absolute atomic E-state index is 0.347. The standard InChI is InChI=1S/C13H23N5/c1-10(2)9-11-15-12(14)17-13(16-11)18-7-5-3-4-6-8-18/h10H,3-9H2,1-2H3,(H2,14,15,16,17). The number of nitrogens with zero attached hydrogens (tertiary/aromatic N) is 4. The molecule has 1 aliphatic heterocycles. The fraction of sp³-hybridized carbons (Fsp3) is 0.769. The Morgan fingerprint density at radius 3 is 2.33 bits per heavy atom. The Morgan fingerprint density at radius 2 is 1.72 bits per heavy atom. The van der Waals surface area contributed by atoms with E-state index in [0.717, 1.165) is 31.3 Å². The molecule has 1 aliphatic rings. The maximum Gasteiger partial charge on any atom is 0.230 e. The van der Waals surface area contributed by atoms with Crippen LogP contribution in [0.5, 0.6) is 0 Å². The summed E-state index contributed by atoms with van der Waals surface area (Å²) < 4.78 is 0. The molecule has 0 radical (unpaired) electrons. The van der Waals surface area contributed by atoms with Crippen molar-refractivity contribution in [3.8, 4) is 0 Å². The van der Waals surface area contributed by atoms with Crippen LogP contribution >= 0.6 is 0 Å². The molecule has 1 aromatic heterocycles. The number of anilines is 2. The third kappa shape index (κ3) is 3.55. The van der Waals surface area contributed by atoms with Gasteiger partial charge in [0.15, 0.2) is 0 Å². The molecule has 1 aromatic rings. The predicted molar refractivity (Wildman–Crippen MR) is 73.5 cm³/mol. The van der Waals surface area contributed by atoms with Gasteiger partial charge in [-0.1, -0.05) is 26.7 Å². The minimum Gasteiger partial charge on any atom is -0.368 e. The summed E-state index contributed by atoms with van der Waals surface area (Å²) in [5.41, 5.74) is 5.79. The van der Waals surface area contributed by atoms with Crippen LogP contribution in [0.1, 0.15) is 45.4 Å². The van der Waals surface area contributed by atoms with Crippen molar-refractivity contribution in [3.05, 3.63) is 5.82 Å². The normalized spacial score (nSPS) is 16.9. The molecule has 0 spiro atoms. The van der Waals surface area contributed by atoms with Gasteiger partial charge in [0.25, 0.3) is 0 Å². The quantitative estimate of drug-likeness (QED) is 0.887. The van der Waals surface area contributed by atoms with Crippen LogP contribution in [-0.2, 0) is 6.42 Å². The second kappa shape index (κ2) is 5.98. The monoisotopic (exact) mass is 249 g/mol. The zero-order chi connectivity index (χ0) is 13.0. The van der Waals surface area contributed by atoms with Crippen molar-refractivity contribution in [2.24, 2.45) is 5.92 Å². The van der Waals surface area contributed by atoms with Gasteiger partial charge in [0.2, 0.25) is 11.9 Å². The smallest absolute Gasteiger partial charge is 0.230 e. The van der Waals surface area contributed by atoms with Gasteiger partial charge in [-0.2, -0.15) is 15.0 Å². The van der Waals surface area contributed by atoms with Crippen molar-refractivity contribution in [1.29, 1.82) is 0 Å². The van der Waals surface area contributed by atoms with Crippen LogP contribution in [0, 0.1) is 5.92 Å². The third-order valence-electron chi connectivity index (χ3n) is 3.17. The molecular weight excluding hydrogens is 226 g/mol. The van der Waals surface area contributed by atoms with E-state index in [9.17, 15) is 0 Å². The van der Waals surface area contributed by atoms with Crippen molar-refractivity contribution in [1.82, 2.24) is 15.0 Å². The van der Waals surface area contributed by atoms with E-state index in [2.05, 4.69) is 33.7 Å². The van der Waals surface area contributed by atoms with E-state index in [-0.39, 0.29) is 0 Å². The number of nitrogen functional groups attached to an aromatic ring is 1. The predicted octanol–water partition coefficient (Wildman–Crippen LogP) is 2.03. The molecule has 2 heterocycles. The van der Waals surface area contributed by atoms with Crippen LogP contribution in [0.15, 0.2) is 0 Å². The van der Waals surface area contributed by atoms with Gasteiger partial charge in [-0.25, -0.2) is 0 Å². The lowest BCUT2D eigenvalue weighted by Crippen LogP contribution is -2.27. The number of aromatic nitrogens is 3. The molecule has 0 saturated carbocycles. The number of nitrogens with two attached hydrogens (primary N) is 1. The summed E-state index contributed by atoms with van der Waals surface area (Å²) >= 11 is 0. The maximum atomic E-state index is 5.79. The zero-order valence-electron chi connectivity index (χ0n) is 11.4. The SMILES string of the molecule is CC(C)Cc1nc(N)nc(N2CCCCCC2)n1. The average molecular weight is 249 g/mol. The average Bonchev–Trinajstić information content (AvgIpc) is 2.55. The first kappa shape index (κ1) is 13.1. The summed E-state index contributed by atoms with van der Waals surface area (Å²) in [7, 11) is 0. The zero-order valence-corrected chi connectivity index (χ0v) is 11.4. The van der Waals surface area contributed by atoms with Gasteiger partial charge in [0.05, 0.1) is 0 Å². The van der Waals surface area contributed by atoms with Gasteiger partial charge in [0.1, 0.15) is 5.82 Å². The first-order valence-corrected chi connectivity index (χ1v) is 6.90. The van der Waals surface area contributed by atoms with Crippen molar-refractivity contribution in [2.45, 2.75) is 46.0 Å². The van der Waals surface area contributed by atoms with Gasteiger partial charge in [-0.05, 0) is 18.8 Å². The van der Waals surface area contributed by atoms with Crippen molar-refractivity contribution in [2.75, 3.05) is 23.7 Å². The van der Waals surface area contributed by atoms with Gasteiger partial charge < -0.3 is 10.6 Å². The number of hydrogen-bond donors (Lipinski definition) is 1. The highest BCUT2D eigenvalue weighted by molar-refractivity contribution is 5.34. The summed E-state index contributed by atoms with van der Waals surface area (Å²) in [6, 6.07) is 0. The fourth-order valence-electron chi connectivity index (χ4n) is 2.29. The van der Waals surface area contributed by atoms with Crippen molar-refractivity contribution in [3.63, 3.8) is 0 Å². The fourth-order valence-corrected chi connectivity index (χ4v) is 2.29. The van der Waals surface area contributed by atoms with Gasteiger partial charge in [0, 0.05) is 19.5 Å². The first-order chi connectivity index (χ1) is 8.65. The van der Waals surface area contributed by atoms with E-state index in [4.69, 9.17) is 5.73 Å². The molecule has 0 unspecified atom stereocenters. The highest BCUT2D eigenvalue weighted by atomic mass is 15.3. The molecule has 2 N–H and O–H groups in total. The Kier molecular flexibility index (Phi) is 4.33. The Balaban J connectivity index is 2.17. The van der Waals surface area contributed by atoms with E-state index in [1.165, 1.54) is 25.7 Å². The molecule has 0 aliphatic carbocycles. The molecule has 2 rings (SSSR count). The van der Waals surface area contributed by atoms with Crippen LogP contribution in [0.3, 0.4) is 0 Å². The third-order valence-corrected chi connectivity index (χ3v) is 3.17. The van der Waals surface area contributed by atoms with E-state index in [1.807, 2.05) is 0 Å². The highest BCUT2D eigenvalue weighted by Gasteiger charge is 2.14. The Morgan fingerprint density at radius 1 is 1.06 bits per heavy atom. The topological polar surface area (TPSA) is 67.9 Å². The van der Waals surface area contributed by atoms with Crippen LogP contribution in [0.4, 0.5) is 11.9 Å². The molecule has 0 amide bonds. The number of rotatable bonds is 3. The summed E-state index contributed by atoms with van der Waals surface area (Å²) in [5, 5.41) is 0. The van der Waals surface area contributed by atoms with Crippen LogP contribution in [0.25, 0.3) is 0 Å². The summed E-state index contributed by atoms with van der Waals surface area (Å²) in [4.78, 5) is 15.3. The molecule has 1 fully saturated rings. The van der Waals surface area contributed by atoms with E-state index < -0.39 is 0 Å². The van der Waals surface area contributed by atoms with E-state index >= 15 is 0 Å². The molecule has 0 aromatic carbocycles. The molecular formula is C13H23N5. The summed E-state index contributed by atoms with van der Waals surface area (Å²) in [6.45, 7) is 6.38.